The second-order valence-electron chi connectivity index (χ2n) is 9.10. The van der Waals surface area contributed by atoms with Crippen molar-refractivity contribution < 1.29 is 28.6 Å². The van der Waals surface area contributed by atoms with E-state index >= 15 is 0 Å². The van der Waals surface area contributed by atoms with Crippen molar-refractivity contribution in [1.82, 2.24) is 4.98 Å². The molecule has 0 aliphatic heterocycles. The van der Waals surface area contributed by atoms with Gasteiger partial charge in [-0.1, -0.05) is 17.7 Å². The maximum Gasteiger partial charge on any atom is 0.424 e. The summed E-state index contributed by atoms with van der Waals surface area (Å²) >= 11 is 6.35. The van der Waals surface area contributed by atoms with Crippen LogP contribution in [0.2, 0.25) is 5.15 Å². The Labute approximate surface area is 187 Å². The fraction of sp³-hybridized carbons (Fsp3) is 0.545. The molecule has 2 rings (SSSR count). The van der Waals surface area contributed by atoms with Gasteiger partial charge in [0.1, 0.15) is 16.4 Å². The summed E-state index contributed by atoms with van der Waals surface area (Å²) in [4.78, 5) is 43.4. The molecule has 0 aromatic carbocycles. The Morgan fingerprint density at radius 2 is 1.58 bits per heavy atom. The van der Waals surface area contributed by atoms with Crippen LogP contribution in [0.25, 0.3) is 5.57 Å². The molecule has 1 heterocycles. The van der Waals surface area contributed by atoms with Crippen molar-refractivity contribution >= 4 is 41.0 Å². The number of allylic oxidation sites excluding steroid dienone is 2. The number of amides is 2. The normalized spacial score (nSPS) is 14.0. The Hall–Kier alpha value is -2.61. The number of anilines is 1. The van der Waals surface area contributed by atoms with Gasteiger partial charge in [-0.25, -0.2) is 19.4 Å². The van der Waals surface area contributed by atoms with Crippen molar-refractivity contribution in [3.63, 3.8) is 0 Å². The van der Waals surface area contributed by atoms with Gasteiger partial charge in [-0.2, -0.15) is 4.90 Å². The number of aromatic nitrogens is 1. The highest BCUT2D eigenvalue weighted by Crippen LogP contribution is 2.36. The minimum atomic E-state index is -1.01. The first-order valence-electron chi connectivity index (χ1n) is 9.98. The number of carbonyl (C=O) groups excluding carboxylic acids is 3. The Bertz CT molecular complexity index is 884. The minimum absolute atomic E-state index is 0.0747. The smallest absolute Gasteiger partial charge is 0.424 e. The molecule has 1 aliphatic rings. The third kappa shape index (κ3) is 6.43. The van der Waals surface area contributed by atoms with E-state index in [0.717, 1.165) is 24.8 Å². The van der Waals surface area contributed by atoms with Gasteiger partial charge in [0.05, 0.1) is 12.8 Å². The summed E-state index contributed by atoms with van der Waals surface area (Å²) in [7, 11) is 1.17. The van der Waals surface area contributed by atoms with Gasteiger partial charge in [-0.3, -0.25) is 0 Å². The third-order valence-electron chi connectivity index (χ3n) is 4.11. The second kappa shape index (κ2) is 9.26. The maximum atomic E-state index is 13.0. The van der Waals surface area contributed by atoms with Crippen molar-refractivity contribution in [2.75, 3.05) is 12.0 Å². The molecule has 170 valence electrons. The molecule has 0 N–H and O–H groups in total. The van der Waals surface area contributed by atoms with Gasteiger partial charge in [-0.15, -0.1) is 0 Å². The van der Waals surface area contributed by atoms with E-state index in [0.29, 0.717) is 10.5 Å². The predicted octanol–water partition coefficient (Wildman–Crippen LogP) is 5.77. The van der Waals surface area contributed by atoms with E-state index in [1.165, 1.54) is 13.2 Å². The maximum absolute atomic E-state index is 13.0. The van der Waals surface area contributed by atoms with Crippen molar-refractivity contribution in [1.29, 1.82) is 0 Å². The summed E-state index contributed by atoms with van der Waals surface area (Å²) in [5, 5.41) is 0.0747. The van der Waals surface area contributed by atoms with Crippen LogP contribution in [0, 0.1) is 0 Å². The minimum Gasteiger partial charge on any atom is -0.464 e. The monoisotopic (exact) mass is 452 g/mol. The van der Waals surface area contributed by atoms with Crippen LogP contribution in [0.15, 0.2) is 12.1 Å². The standard InChI is InChI=1S/C22H29ClN2O6/c1-21(2,3)30-19(27)25(20(28)31-22(4,5)6)15-12-14(13-10-8-9-11-13)17(23)24-16(15)18(26)29-7/h10,12H,8-9,11H2,1-7H3. The molecule has 0 saturated carbocycles. The van der Waals surface area contributed by atoms with Crippen LogP contribution in [0.4, 0.5) is 15.3 Å². The van der Waals surface area contributed by atoms with Crippen molar-refractivity contribution in [3.05, 3.63) is 28.6 Å². The lowest BCUT2D eigenvalue weighted by Gasteiger charge is -2.29. The molecular weight excluding hydrogens is 424 g/mol. The first-order chi connectivity index (χ1) is 14.2. The van der Waals surface area contributed by atoms with E-state index in [1.807, 2.05) is 6.08 Å². The lowest BCUT2D eigenvalue weighted by molar-refractivity contribution is 0.0430. The summed E-state index contributed by atoms with van der Waals surface area (Å²) in [5.41, 5.74) is -0.782. The number of imide groups is 1. The molecule has 31 heavy (non-hydrogen) atoms. The Kier molecular flexibility index (Phi) is 7.36. The second-order valence-corrected chi connectivity index (χ2v) is 9.46. The molecule has 9 heteroatoms. The van der Waals surface area contributed by atoms with Crippen LogP contribution in [-0.4, -0.2) is 41.5 Å². The number of esters is 1. The highest BCUT2D eigenvalue weighted by Gasteiger charge is 2.37. The summed E-state index contributed by atoms with van der Waals surface area (Å²) in [6.07, 6.45) is 2.57. The summed E-state index contributed by atoms with van der Waals surface area (Å²) in [6, 6.07) is 1.48. The van der Waals surface area contributed by atoms with Gasteiger partial charge in [0.2, 0.25) is 0 Å². The zero-order chi connectivity index (χ0) is 23.6. The number of rotatable bonds is 3. The zero-order valence-electron chi connectivity index (χ0n) is 19.0. The van der Waals surface area contributed by atoms with Gasteiger partial charge in [0.25, 0.3) is 0 Å². The SMILES string of the molecule is COC(=O)c1nc(Cl)c(C2=CCCC2)cc1N(C(=O)OC(C)(C)C)C(=O)OC(C)(C)C. The van der Waals surface area contributed by atoms with E-state index in [9.17, 15) is 14.4 Å². The quantitative estimate of drug-likeness (QED) is 0.326. The predicted molar refractivity (Wildman–Crippen MR) is 117 cm³/mol. The summed E-state index contributed by atoms with van der Waals surface area (Å²) in [5.74, 6) is -0.860. The Balaban J connectivity index is 2.71. The molecule has 0 bridgehead atoms. The Morgan fingerprint density at radius 1 is 1.03 bits per heavy atom. The number of ether oxygens (including phenoxy) is 3. The molecule has 1 aromatic rings. The van der Waals surface area contributed by atoms with E-state index in [-0.39, 0.29) is 16.5 Å². The van der Waals surface area contributed by atoms with Crippen molar-refractivity contribution in [3.8, 4) is 0 Å². The molecule has 0 atom stereocenters. The van der Waals surface area contributed by atoms with Crippen molar-refractivity contribution in [2.24, 2.45) is 0 Å². The van der Waals surface area contributed by atoms with E-state index in [2.05, 4.69) is 4.98 Å². The van der Waals surface area contributed by atoms with Gasteiger partial charge in [0.15, 0.2) is 5.69 Å². The number of hydrogen-bond acceptors (Lipinski definition) is 7. The number of pyridine rings is 1. The number of halogens is 1. The first kappa shape index (κ1) is 24.7. The van der Waals surface area contributed by atoms with E-state index < -0.39 is 29.4 Å². The van der Waals surface area contributed by atoms with E-state index in [4.69, 9.17) is 25.8 Å². The molecule has 0 saturated heterocycles. The topological polar surface area (TPSA) is 95.0 Å². The molecule has 1 aliphatic carbocycles. The average Bonchev–Trinajstić information content (AvgIpc) is 3.13. The van der Waals surface area contributed by atoms with Crippen LogP contribution in [0.1, 0.15) is 76.9 Å². The first-order valence-corrected chi connectivity index (χ1v) is 10.4. The van der Waals surface area contributed by atoms with Gasteiger partial charge in [-0.05, 0) is 72.4 Å². The van der Waals surface area contributed by atoms with Crippen LogP contribution in [0.3, 0.4) is 0 Å². The van der Waals surface area contributed by atoms with E-state index in [1.54, 1.807) is 41.5 Å². The van der Waals surface area contributed by atoms with Crippen LogP contribution >= 0.6 is 11.6 Å². The van der Waals surface area contributed by atoms with Crippen LogP contribution < -0.4 is 4.90 Å². The lowest BCUT2D eigenvalue weighted by atomic mass is 10.1. The average molecular weight is 453 g/mol. The van der Waals surface area contributed by atoms with Gasteiger partial charge in [0, 0.05) is 5.56 Å². The molecule has 1 aromatic heterocycles. The summed E-state index contributed by atoms with van der Waals surface area (Å²) in [6.45, 7) is 9.97. The highest BCUT2D eigenvalue weighted by atomic mass is 35.5. The molecule has 0 fully saturated rings. The molecule has 0 unspecified atom stereocenters. The van der Waals surface area contributed by atoms with Crippen LogP contribution in [0.5, 0.6) is 0 Å². The van der Waals surface area contributed by atoms with Crippen molar-refractivity contribution in [2.45, 2.75) is 72.0 Å². The van der Waals surface area contributed by atoms with Gasteiger partial charge < -0.3 is 14.2 Å². The molecule has 8 nitrogen and oxygen atoms in total. The molecule has 0 radical (unpaired) electrons. The Morgan fingerprint density at radius 3 is 2.00 bits per heavy atom. The summed E-state index contributed by atoms with van der Waals surface area (Å²) < 4.78 is 15.6. The van der Waals surface area contributed by atoms with Gasteiger partial charge >= 0.3 is 18.2 Å². The molecular formula is C22H29ClN2O6. The number of hydrogen-bond donors (Lipinski definition) is 0. The lowest BCUT2D eigenvalue weighted by Crippen LogP contribution is -2.44. The number of methoxy groups -OCH3 is 1. The highest BCUT2D eigenvalue weighted by molar-refractivity contribution is 6.31. The fourth-order valence-corrected chi connectivity index (χ4v) is 3.19. The fourth-order valence-electron chi connectivity index (χ4n) is 2.92. The molecule has 0 spiro atoms. The largest absolute Gasteiger partial charge is 0.464 e. The molecule has 2 amide bonds. The number of nitrogens with zero attached hydrogens (tertiary/aromatic N) is 2. The van der Waals surface area contributed by atoms with Crippen LogP contribution in [-0.2, 0) is 14.2 Å². The number of carbonyl (C=O) groups is 3. The third-order valence-corrected chi connectivity index (χ3v) is 4.40. The zero-order valence-corrected chi connectivity index (χ0v) is 19.8.